The molecule has 2 atom stereocenters. The van der Waals surface area contributed by atoms with Crippen molar-refractivity contribution in [3.8, 4) is 0 Å². The lowest BCUT2D eigenvalue weighted by Gasteiger charge is -2.24. The zero-order valence-corrected chi connectivity index (χ0v) is 11.3. The molecule has 0 bridgehead atoms. The zero-order valence-electron chi connectivity index (χ0n) is 11.3. The van der Waals surface area contributed by atoms with Crippen LogP contribution in [0.4, 0.5) is 5.69 Å². The molecule has 2 amide bonds. The van der Waals surface area contributed by atoms with Gasteiger partial charge in [0.05, 0.1) is 12.0 Å². The van der Waals surface area contributed by atoms with Crippen molar-refractivity contribution in [2.45, 2.75) is 31.7 Å². The molecule has 1 heterocycles. The van der Waals surface area contributed by atoms with Gasteiger partial charge in [0, 0.05) is 18.7 Å². The zero-order chi connectivity index (χ0) is 14.1. The lowest BCUT2D eigenvalue weighted by molar-refractivity contribution is -0.129. The molecule has 0 radical (unpaired) electrons. The number of fused-ring (bicyclic) bond motifs is 1. The summed E-state index contributed by atoms with van der Waals surface area (Å²) in [5, 5.41) is 5.86. The Bertz CT molecular complexity index is 546. The van der Waals surface area contributed by atoms with E-state index >= 15 is 0 Å². The van der Waals surface area contributed by atoms with Gasteiger partial charge in [0.1, 0.15) is 0 Å². The second kappa shape index (κ2) is 5.15. The second-order valence-electron chi connectivity index (χ2n) is 5.60. The van der Waals surface area contributed by atoms with Gasteiger partial charge in [-0.2, -0.15) is 0 Å². The largest absolute Gasteiger partial charge is 0.399 e. The van der Waals surface area contributed by atoms with Crippen LogP contribution in [0.3, 0.4) is 0 Å². The first-order valence-electron chi connectivity index (χ1n) is 7.09. The lowest BCUT2D eigenvalue weighted by Crippen LogP contribution is -2.43. The fourth-order valence-corrected chi connectivity index (χ4v) is 3.03. The van der Waals surface area contributed by atoms with Crippen LogP contribution < -0.4 is 16.4 Å². The van der Waals surface area contributed by atoms with Crippen LogP contribution in [0.15, 0.2) is 18.2 Å². The number of amides is 2. The summed E-state index contributed by atoms with van der Waals surface area (Å²) in [6, 6.07) is 5.95. The van der Waals surface area contributed by atoms with Gasteiger partial charge < -0.3 is 16.4 Å². The average Bonchev–Trinajstić information content (AvgIpc) is 2.81. The molecule has 106 valence electrons. The minimum absolute atomic E-state index is 0.0377. The Morgan fingerprint density at radius 3 is 2.90 bits per heavy atom. The third-order valence-electron chi connectivity index (χ3n) is 4.20. The van der Waals surface area contributed by atoms with Gasteiger partial charge in [-0.25, -0.2) is 0 Å². The number of nitrogens with two attached hydrogens (primary N) is 1. The molecular formula is C15H19N3O2. The van der Waals surface area contributed by atoms with Crippen LogP contribution in [0.25, 0.3) is 0 Å². The van der Waals surface area contributed by atoms with E-state index in [-0.39, 0.29) is 23.8 Å². The number of hydrogen-bond donors (Lipinski definition) is 3. The predicted octanol–water partition coefficient (Wildman–Crippen LogP) is 0.898. The lowest BCUT2D eigenvalue weighted by atomic mass is 9.97. The van der Waals surface area contributed by atoms with Crippen LogP contribution in [0.5, 0.6) is 0 Å². The summed E-state index contributed by atoms with van der Waals surface area (Å²) in [7, 11) is 0. The maximum atomic E-state index is 12.3. The number of carbonyl (C=O) groups is 2. The summed E-state index contributed by atoms with van der Waals surface area (Å²) in [5.41, 5.74) is 8.95. The second-order valence-corrected chi connectivity index (χ2v) is 5.60. The van der Waals surface area contributed by atoms with Crippen molar-refractivity contribution in [2.75, 3.05) is 12.3 Å². The molecule has 5 nitrogen and oxygen atoms in total. The SMILES string of the molecule is Nc1ccc2c(c1)CCC2NC(=O)C1CCC(=O)NC1. The third kappa shape index (κ3) is 2.48. The number of nitrogens with one attached hydrogen (secondary N) is 2. The number of hydrogen-bond acceptors (Lipinski definition) is 3. The van der Waals surface area contributed by atoms with E-state index in [4.69, 9.17) is 5.73 Å². The molecule has 1 aromatic rings. The molecule has 5 heteroatoms. The van der Waals surface area contributed by atoms with Gasteiger partial charge >= 0.3 is 0 Å². The molecule has 20 heavy (non-hydrogen) atoms. The number of aryl methyl sites for hydroxylation is 1. The van der Waals surface area contributed by atoms with Gasteiger partial charge in [0.15, 0.2) is 0 Å². The summed E-state index contributed by atoms with van der Waals surface area (Å²) in [4.78, 5) is 23.4. The molecule has 1 aliphatic heterocycles. The van der Waals surface area contributed by atoms with Crippen LogP contribution in [0.1, 0.15) is 36.4 Å². The number of rotatable bonds is 2. The molecule has 0 spiro atoms. The standard InChI is InChI=1S/C15H19N3O2/c16-11-3-4-12-9(7-11)1-5-13(12)18-15(20)10-2-6-14(19)17-8-10/h3-4,7,10,13H,1-2,5-6,8,16H2,(H,17,19)(H,18,20). The third-order valence-corrected chi connectivity index (χ3v) is 4.20. The van der Waals surface area contributed by atoms with Crippen molar-refractivity contribution in [3.63, 3.8) is 0 Å². The van der Waals surface area contributed by atoms with Crippen molar-refractivity contribution in [1.82, 2.24) is 10.6 Å². The monoisotopic (exact) mass is 273 g/mol. The number of nitrogen functional groups attached to an aromatic ring is 1. The first kappa shape index (κ1) is 13.0. The normalized spacial score (nSPS) is 24.9. The Labute approximate surface area is 117 Å². The Morgan fingerprint density at radius 1 is 1.30 bits per heavy atom. The molecule has 1 aliphatic carbocycles. The fourth-order valence-electron chi connectivity index (χ4n) is 3.03. The van der Waals surface area contributed by atoms with E-state index in [0.29, 0.717) is 19.4 Å². The minimum atomic E-state index is -0.106. The minimum Gasteiger partial charge on any atom is -0.399 e. The highest BCUT2D eigenvalue weighted by molar-refractivity contribution is 5.84. The van der Waals surface area contributed by atoms with Crippen LogP contribution in [-0.4, -0.2) is 18.4 Å². The van der Waals surface area contributed by atoms with E-state index in [1.165, 1.54) is 11.1 Å². The van der Waals surface area contributed by atoms with Gasteiger partial charge in [-0.1, -0.05) is 6.07 Å². The molecule has 4 N–H and O–H groups in total. The number of benzene rings is 1. The van der Waals surface area contributed by atoms with Crippen LogP contribution in [-0.2, 0) is 16.0 Å². The maximum absolute atomic E-state index is 12.3. The summed E-state index contributed by atoms with van der Waals surface area (Å²) < 4.78 is 0. The van der Waals surface area contributed by atoms with Gasteiger partial charge in [-0.3, -0.25) is 9.59 Å². The van der Waals surface area contributed by atoms with Crippen molar-refractivity contribution in [1.29, 1.82) is 0 Å². The molecule has 0 aromatic heterocycles. The maximum Gasteiger partial charge on any atom is 0.225 e. The van der Waals surface area contributed by atoms with E-state index in [9.17, 15) is 9.59 Å². The smallest absolute Gasteiger partial charge is 0.225 e. The summed E-state index contributed by atoms with van der Waals surface area (Å²) in [5.74, 6) is -0.0269. The summed E-state index contributed by atoms with van der Waals surface area (Å²) in [6.07, 6.45) is 2.95. The summed E-state index contributed by atoms with van der Waals surface area (Å²) >= 11 is 0. The molecule has 2 unspecified atom stereocenters. The molecule has 3 rings (SSSR count). The predicted molar refractivity (Wildman–Crippen MR) is 75.8 cm³/mol. The van der Waals surface area contributed by atoms with Crippen molar-refractivity contribution in [2.24, 2.45) is 5.92 Å². The van der Waals surface area contributed by atoms with E-state index in [2.05, 4.69) is 10.6 Å². The molecular weight excluding hydrogens is 254 g/mol. The van der Waals surface area contributed by atoms with Crippen LogP contribution >= 0.6 is 0 Å². The highest BCUT2D eigenvalue weighted by atomic mass is 16.2. The quantitative estimate of drug-likeness (QED) is 0.700. The van der Waals surface area contributed by atoms with Crippen molar-refractivity contribution >= 4 is 17.5 Å². The number of carbonyl (C=O) groups excluding carboxylic acids is 2. The van der Waals surface area contributed by atoms with Crippen LogP contribution in [0.2, 0.25) is 0 Å². The van der Waals surface area contributed by atoms with E-state index < -0.39 is 0 Å². The van der Waals surface area contributed by atoms with Crippen molar-refractivity contribution in [3.05, 3.63) is 29.3 Å². The fraction of sp³-hybridized carbons (Fsp3) is 0.467. The van der Waals surface area contributed by atoms with Crippen LogP contribution in [0, 0.1) is 5.92 Å². The van der Waals surface area contributed by atoms with Crippen molar-refractivity contribution < 1.29 is 9.59 Å². The van der Waals surface area contributed by atoms with E-state index in [1.54, 1.807) is 0 Å². The van der Waals surface area contributed by atoms with E-state index in [1.807, 2.05) is 18.2 Å². The summed E-state index contributed by atoms with van der Waals surface area (Å²) in [6.45, 7) is 0.450. The average molecular weight is 273 g/mol. The number of piperidine rings is 1. The Morgan fingerprint density at radius 2 is 2.15 bits per heavy atom. The Hall–Kier alpha value is -2.04. The first-order chi connectivity index (χ1) is 9.63. The Balaban J connectivity index is 1.65. The Kier molecular flexibility index (Phi) is 3.34. The molecule has 0 saturated carbocycles. The molecule has 1 aromatic carbocycles. The molecule has 1 fully saturated rings. The molecule has 2 aliphatic rings. The highest BCUT2D eigenvalue weighted by Crippen LogP contribution is 2.32. The van der Waals surface area contributed by atoms with E-state index in [0.717, 1.165) is 18.5 Å². The first-order valence-corrected chi connectivity index (χ1v) is 7.09. The topological polar surface area (TPSA) is 84.2 Å². The van der Waals surface area contributed by atoms with Gasteiger partial charge in [-0.15, -0.1) is 0 Å². The molecule has 1 saturated heterocycles. The van der Waals surface area contributed by atoms with Gasteiger partial charge in [0.2, 0.25) is 11.8 Å². The number of anilines is 1. The van der Waals surface area contributed by atoms with Gasteiger partial charge in [0.25, 0.3) is 0 Å². The highest BCUT2D eigenvalue weighted by Gasteiger charge is 2.29. The van der Waals surface area contributed by atoms with Gasteiger partial charge in [-0.05, 0) is 42.5 Å².